The van der Waals surface area contributed by atoms with Gasteiger partial charge < -0.3 is 9.47 Å². The van der Waals surface area contributed by atoms with E-state index in [2.05, 4.69) is 216 Å². The van der Waals surface area contributed by atoms with Gasteiger partial charge in [-0.1, -0.05) is 133 Å². The van der Waals surface area contributed by atoms with Crippen LogP contribution in [0.1, 0.15) is 0 Å². The fraction of sp³-hybridized carbons (Fsp3) is 0. The van der Waals surface area contributed by atoms with E-state index < -0.39 is 0 Å². The summed E-state index contributed by atoms with van der Waals surface area (Å²) in [7, 11) is 0. The van der Waals surface area contributed by atoms with Gasteiger partial charge in [-0.15, -0.1) is 11.3 Å². The second kappa shape index (κ2) is 12.9. The largest absolute Gasteiger partial charge is 0.309 e. The lowest BCUT2D eigenvalue weighted by Gasteiger charge is -2.26. The minimum Gasteiger partial charge on any atom is -0.309 e. The second-order valence-corrected chi connectivity index (χ2v) is 15.2. The lowest BCUT2D eigenvalue weighted by Crippen LogP contribution is -2.10. The van der Waals surface area contributed by atoms with E-state index in [1.54, 1.807) is 0 Å². The number of anilines is 3. The molecule has 0 aliphatic rings. The van der Waals surface area contributed by atoms with Gasteiger partial charge in [-0.2, -0.15) is 0 Å². The molecular formula is C52H34N2S. The Labute approximate surface area is 323 Å². The van der Waals surface area contributed by atoms with Gasteiger partial charge in [-0.25, -0.2) is 0 Å². The fourth-order valence-electron chi connectivity index (χ4n) is 8.33. The molecule has 55 heavy (non-hydrogen) atoms. The third-order valence-electron chi connectivity index (χ3n) is 11.0. The maximum Gasteiger partial charge on any atom is 0.0640 e. The van der Waals surface area contributed by atoms with Crippen molar-refractivity contribution in [2.24, 2.45) is 0 Å². The molecule has 0 amide bonds. The highest BCUT2D eigenvalue weighted by atomic mass is 32.1. The van der Waals surface area contributed by atoms with E-state index in [0.29, 0.717) is 0 Å². The average Bonchev–Trinajstić information content (AvgIpc) is 3.80. The van der Waals surface area contributed by atoms with Crippen LogP contribution in [0.2, 0.25) is 0 Å². The van der Waals surface area contributed by atoms with E-state index >= 15 is 0 Å². The Kier molecular flexibility index (Phi) is 7.39. The van der Waals surface area contributed by atoms with Crippen molar-refractivity contribution in [2.45, 2.75) is 0 Å². The summed E-state index contributed by atoms with van der Waals surface area (Å²) < 4.78 is 4.99. The Balaban J connectivity index is 1.05. The first-order valence-electron chi connectivity index (χ1n) is 18.8. The second-order valence-electron chi connectivity index (χ2n) is 14.2. The summed E-state index contributed by atoms with van der Waals surface area (Å²) in [5, 5.41) is 7.62. The highest BCUT2D eigenvalue weighted by Gasteiger charge is 2.19. The summed E-state index contributed by atoms with van der Waals surface area (Å²) in [5.74, 6) is 0. The molecule has 9 aromatic carbocycles. The summed E-state index contributed by atoms with van der Waals surface area (Å²) in [4.78, 5) is 2.42. The van der Waals surface area contributed by atoms with Gasteiger partial charge in [-0.05, 0) is 106 Å². The molecular weight excluding hydrogens is 685 g/mol. The van der Waals surface area contributed by atoms with Crippen LogP contribution in [-0.2, 0) is 0 Å². The SMILES string of the molecule is c1ccc(-c2cccc(-c3ccc(N(c4ccc(-n5c6ccccc6c6cc7ccccc7cc65)cc4)c4cccc5c4sc4ccccc45)cc3)c2)cc1. The number of hydrogen-bond donors (Lipinski definition) is 0. The minimum absolute atomic E-state index is 1.11. The predicted octanol–water partition coefficient (Wildman–Crippen LogP) is 15.1. The van der Waals surface area contributed by atoms with Crippen LogP contribution in [0.15, 0.2) is 206 Å². The molecule has 11 aromatic rings. The molecule has 0 bridgehead atoms. The number of aromatic nitrogens is 1. The molecule has 0 aliphatic carbocycles. The predicted molar refractivity (Wildman–Crippen MR) is 237 cm³/mol. The van der Waals surface area contributed by atoms with Crippen LogP contribution in [0.3, 0.4) is 0 Å². The van der Waals surface area contributed by atoms with Gasteiger partial charge in [-0.3, -0.25) is 0 Å². The lowest BCUT2D eigenvalue weighted by atomic mass is 9.99. The summed E-state index contributed by atoms with van der Waals surface area (Å²) in [6, 6.07) is 75.1. The van der Waals surface area contributed by atoms with Crippen molar-refractivity contribution in [2.75, 3.05) is 4.90 Å². The van der Waals surface area contributed by atoms with Crippen LogP contribution < -0.4 is 4.90 Å². The molecule has 11 rings (SSSR count). The number of nitrogens with zero attached hydrogens (tertiary/aromatic N) is 2. The molecule has 3 heteroatoms. The first-order valence-corrected chi connectivity index (χ1v) is 19.6. The Morgan fingerprint density at radius 1 is 0.364 bits per heavy atom. The van der Waals surface area contributed by atoms with Crippen molar-refractivity contribution >= 4 is 81.1 Å². The molecule has 0 radical (unpaired) electrons. The van der Waals surface area contributed by atoms with Gasteiger partial charge in [0, 0.05) is 43.3 Å². The van der Waals surface area contributed by atoms with Crippen molar-refractivity contribution in [1.82, 2.24) is 4.57 Å². The van der Waals surface area contributed by atoms with Gasteiger partial charge in [0.2, 0.25) is 0 Å². The zero-order valence-corrected chi connectivity index (χ0v) is 30.7. The average molecular weight is 719 g/mol. The Morgan fingerprint density at radius 2 is 0.945 bits per heavy atom. The molecule has 0 aliphatic heterocycles. The number of thiophene rings is 1. The Morgan fingerprint density at radius 3 is 1.73 bits per heavy atom. The zero-order chi connectivity index (χ0) is 36.3. The molecule has 2 heterocycles. The number of benzene rings is 9. The molecule has 0 N–H and O–H groups in total. The summed E-state index contributed by atoms with van der Waals surface area (Å²) in [6.45, 7) is 0. The number of para-hydroxylation sites is 1. The van der Waals surface area contributed by atoms with E-state index in [4.69, 9.17) is 0 Å². The third kappa shape index (κ3) is 5.32. The molecule has 2 aromatic heterocycles. The van der Waals surface area contributed by atoms with Crippen LogP contribution in [0.4, 0.5) is 17.1 Å². The molecule has 0 saturated carbocycles. The van der Waals surface area contributed by atoms with E-state index in [1.807, 2.05) is 11.3 Å². The normalized spacial score (nSPS) is 11.6. The van der Waals surface area contributed by atoms with Gasteiger partial charge in [0.15, 0.2) is 0 Å². The molecule has 0 saturated heterocycles. The monoisotopic (exact) mass is 718 g/mol. The van der Waals surface area contributed by atoms with Crippen molar-refractivity contribution in [3.63, 3.8) is 0 Å². The van der Waals surface area contributed by atoms with Crippen molar-refractivity contribution in [3.05, 3.63) is 206 Å². The maximum atomic E-state index is 2.42. The summed E-state index contributed by atoms with van der Waals surface area (Å²) >= 11 is 1.86. The van der Waals surface area contributed by atoms with Gasteiger partial charge >= 0.3 is 0 Å². The van der Waals surface area contributed by atoms with Gasteiger partial charge in [0.05, 0.1) is 21.4 Å². The van der Waals surface area contributed by atoms with E-state index in [9.17, 15) is 0 Å². The highest BCUT2D eigenvalue weighted by Crippen LogP contribution is 2.45. The first-order chi connectivity index (χ1) is 27.3. The highest BCUT2D eigenvalue weighted by molar-refractivity contribution is 7.26. The zero-order valence-electron chi connectivity index (χ0n) is 29.9. The maximum absolute atomic E-state index is 2.42. The topological polar surface area (TPSA) is 8.17 Å². The summed E-state index contributed by atoms with van der Waals surface area (Å²) in [6.07, 6.45) is 0. The van der Waals surface area contributed by atoms with Crippen LogP contribution in [-0.4, -0.2) is 4.57 Å². The quantitative estimate of drug-likeness (QED) is 0.166. The molecule has 0 spiro atoms. The lowest BCUT2D eigenvalue weighted by molar-refractivity contribution is 1.18. The summed E-state index contributed by atoms with van der Waals surface area (Å²) in [5.41, 5.74) is 11.8. The molecule has 0 unspecified atom stereocenters. The Hall–Kier alpha value is -6.94. The standard InChI is InChI=1S/C52H34N2S/c1-2-12-35(13-3-1)37-16-10-17-38(32-37)36-24-26-41(27-25-36)53(49-22-11-20-46-45-19-7-9-23-51(45)55-52(46)49)42-28-30-43(31-29-42)54-48-21-8-6-18-44(48)47-33-39-14-4-5-15-40(39)34-50(47)54/h1-34H. The fourth-order valence-corrected chi connectivity index (χ4v) is 9.54. The molecule has 258 valence electrons. The van der Waals surface area contributed by atoms with Crippen LogP contribution in [0.5, 0.6) is 0 Å². The number of fused-ring (bicyclic) bond motifs is 7. The van der Waals surface area contributed by atoms with E-state index in [0.717, 1.165) is 17.1 Å². The molecule has 0 fully saturated rings. The van der Waals surface area contributed by atoms with Crippen molar-refractivity contribution in [1.29, 1.82) is 0 Å². The van der Waals surface area contributed by atoms with E-state index in [-0.39, 0.29) is 0 Å². The van der Waals surface area contributed by atoms with Crippen LogP contribution in [0, 0.1) is 0 Å². The van der Waals surface area contributed by atoms with Gasteiger partial charge in [0.1, 0.15) is 0 Å². The Bertz CT molecular complexity index is 3190. The molecule has 0 atom stereocenters. The minimum atomic E-state index is 1.11. The number of hydrogen-bond acceptors (Lipinski definition) is 2. The number of rotatable bonds is 6. The molecule has 2 nitrogen and oxygen atoms in total. The van der Waals surface area contributed by atoms with Crippen molar-refractivity contribution in [3.8, 4) is 27.9 Å². The van der Waals surface area contributed by atoms with Gasteiger partial charge in [0.25, 0.3) is 0 Å². The first kappa shape index (κ1) is 31.6. The van der Waals surface area contributed by atoms with Crippen molar-refractivity contribution < 1.29 is 0 Å². The van der Waals surface area contributed by atoms with Crippen LogP contribution in [0.25, 0.3) is 80.7 Å². The van der Waals surface area contributed by atoms with Crippen LogP contribution >= 0.6 is 11.3 Å². The van der Waals surface area contributed by atoms with E-state index in [1.165, 1.54) is 80.7 Å². The third-order valence-corrected chi connectivity index (χ3v) is 12.2. The smallest absolute Gasteiger partial charge is 0.0640 e.